The van der Waals surface area contributed by atoms with Crippen molar-refractivity contribution < 1.29 is 13.0 Å². The van der Waals surface area contributed by atoms with Gasteiger partial charge in [0, 0.05) is 41.5 Å². The van der Waals surface area contributed by atoms with Gasteiger partial charge < -0.3 is 10.2 Å². The fourth-order valence-electron chi connectivity index (χ4n) is 2.79. The van der Waals surface area contributed by atoms with Gasteiger partial charge in [-0.3, -0.25) is 4.55 Å². The molecule has 0 unspecified atom stereocenters. The summed E-state index contributed by atoms with van der Waals surface area (Å²) >= 11 is 1.81. The number of hydrogen-bond acceptors (Lipinski definition) is 6. The zero-order chi connectivity index (χ0) is 18.6. The van der Waals surface area contributed by atoms with Crippen molar-refractivity contribution in [2.45, 2.75) is 9.79 Å². The lowest BCUT2D eigenvalue weighted by atomic mass is 10.1. The Labute approximate surface area is 158 Å². The Bertz CT molecular complexity index is 899. The van der Waals surface area contributed by atoms with Crippen LogP contribution in [0.4, 0.5) is 5.69 Å². The van der Waals surface area contributed by atoms with Gasteiger partial charge in [0.25, 0.3) is 10.1 Å². The number of amidine groups is 1. The van der Waals surface area contributed by atoms with Crippen molar-refractivity contribution in [2.24, 2.45) is 4.99 Å². The minimum atomic E-state index is -3.67. The molecule has 0 spiro atoms. The highest BCUT2D eigenvalue weighted by molar-refractivity contribution is 7.99. The summed E-state index contributed by atoms with van der Waals surface area (Å²) in [6.45, 7) is 4.08. The highest BCUT2D eigenvalue weighted by atomic mass is 32.2. The van der Waals surface area contributed by atoms with Gasteiger partial charge in [-0.1, -0.05) is 42.1 Å². The summed E-state index contributed by atoms with van der Waals surface area (Å²) < 4.78 is 25.9. The molecule has 2 aromatic rings. The summed E-state index contributed by atoms with van der Waals surface area (Å²) in [4.78, 5) is 9.92. The van der Waals surface area contributed by atoms with Crippen LogP contribution in [0.5, 0.6) is 0 Å². The highest BCUT2D eigenvalue weighted by Gasteiger charge is 2.22. The molecule has 2 aromatic carbocycles. The summed E-state index contributed by atoms with van der Waals surface area (Å²) in [7, 11) is -3.67. The molecule has 0 amide bonds. The molecule has 0 atom stereocenters. The second kappa shape index (κ2) is 8.22. The number of hydrogen-bond donors (Lipinski definition) is 2. The lowest BCUT2D eigenvalue weighted by molar-refractivity contribution is 0.358. The van der Waals surface area contributed by atoms with Crippen LogP contribution in [0.1, 0.15) is 5.56 Å². The van der Waals surface area contributed by atoms with E-state index in [1.165, 1.54) is 15.4 Å². The maximum Gasteiger partial charge on any atom is 0.261 e. The molecule has 2 aliphatic rings. The van der Waals surface area contributed by atoms with E-state index < -0.39 is 10.1 Å². The average molecular weight is 392 g/mol. The van der Waals surface area contributed by atoms with Crippen LogP contribution in [0, 0.1) is 0 Å². The number of benzene rings is 2. The van der Waals surface area contributed by atoms with Gasteiger partial charge in [0.1, 0.15) is 5.84 Å². The molecule has 0 radical (unpaired) electrons. The second-order valence-electron chi connectivity index (χ2n) is 5.97. The van der Waals surface area contributed by atoms with Crippen LogP contribution in [-0.2, 0) is 10.1 Å². The summed E-state index contributed by atoms with van der Waals surface area (Å²) in [5, 5.41) is 3.41. The fourth-order valence-corrected chi connectivity index (χ4v) is 3.80. The molecule has 2 heterocycles. The normalized spacial score (nSPS) is 16.4. The molecular weight excluding hydrogens is 370 g/mol. The number of para-hydroxylation sites is 1. The molecule has 26 heavy (non-hydrogen) atoms. The van der Waals surface area contributed by atoms with Gasteiger partial charge in [0.2, 0.25) is 0 Å². The van der Waals surface area contributed by atoms with Crippen LogP contribution < -0.4 is 5.32 Å². The Balaban J connectivity index is 0.000000349. The second-order valence-corrected chi connectivity index (χ2v) is 8.52. The van der Waals surface area contributed by atoms with Crippen molar-refractivity contribution >= 4 is 33.4 Å². The number of nitrogens with one attached hydrogen (secondary N) is 1. The zero-order valence-electron chi connectivity index (χ0n) is 14.4. The van der Waals surface area contributed by atoms with E-state index in [4.69, 9.17) is 9.55 Å². The van der Waals surface area contributed by atoms with Gasteiger partial charge in [0.05, 0.1) is 11.9 Å². The van der Waals surface area contributed by atoms with E-state index in [0.717, 1.165) is 37.7 Å². The Morgan fingerprint density at radius 2 is 1.62 bits per heavy atom. The first kappa shape index (κ1) is 18.9. The van der Waals surface area contributed by atoms with Crippen LogP contribution in [0.25, 0.3) is 0 Å². The Morgan fingerprint density at radius 1 is 1.04 bits per heavy atom. The van der Waals surface area contributed by atoms with Crippen LogP contribution in [-0.4, -0.2) is 56.1 Å². The lowest BCUT2D eigenvalue weighted by Crippen LogP contribution is -2.46. The van der Waals surface area contributed by atoms with Crippen LogP contribution in [0.2, 0.25) is 0 Å². The molecule has 4 rings (SSSR count). The summed E-state index contributed by atoms with van der Waals surface area (Å²) in [6.07, 6.45) is 0.715. The maximum absolute atomic E-state index is 9.19. The topological polar surface area (TPSA) is 82.0 Å². The standard InChI is InChI=1S/C17H17N3S.CH4O3S/c1-3-7-15-13(5-1)17(20-11-9-18-10-12-20)19-14-6-2-4-8-16(14)21-15;1-5(2,3)4/h1-8,18H,9-12H2;1H3,(H,2,3,4). The van der Waals surface area contributed by atoms with E-state index >= 15 is 0 Å². The van der Waals surface area contributed by atoms with Crippen molar-refractivity contribution in [3.63, 3.8) is 0 Å². The van der Waals surface area contributed by atoms with E-state index in [9.17, 15) is 8.42 Å². The third-order valence-electron chi connectivity index (χ3n) is 3.86. The Hall–Kier alpha value is -1.87. The minimum Gasteiger partial charge on any atom is -0.354 e. The minimum absolute atomic E-state index is 0.715. The number of aliphatic imine (C=N–C) groups is 1. The number of rotatable bonds is 0. The van der Waals surface area contributed by atoms with Crippen molar-refractivity contribution in [2.75, 3.05) is 32.4 Å². The van der Waals surface area contributed by atoms with E-state index in [1.54, 1.807) is 0 Å². The van der Waals surface area contributed by atoms with Gasteiger partial charge in [-0.05, 0) is 18.2 Å². The summed E-state index contributed by atoms with van der Waals surface area (Å²) in [6, 6.07) is 17.0. The van der Waals surface area contributed by atoms with E-state index in [1.807, 2.05) is 11.8 Å². The Kier molecular flexibility index (Phi) is 5.98. The van der Waals surface area contributed by atoms with Crippen LogP contribution in [0.3, 0.4) is 0 Å². The van der Waals surface area contributed by atoms with Gasteiger partial charge in [0.15, 0.2) is 0 Å². The molecule has 1 fully saturated rings. The zero-order valence-corrected chi connectivity index (χ0v) is 16.1. The number of fused-ring (bicyclic) bond motifs is 2. The molecule has 2 N–H and O–H groups in total. The van der Waals surface area contributed by atoms with E-state index in [0.29, 0.717) is 6.26 Å². The van der Waals surface area contributed by atoms with Crippen LogP contribution in [0.15, 0.2) is 63.3 Å². The van der Waals surface area contributed by atoms with Crippen LogP contribution >= 0.6 is 11.8 Å². The van der Waals surface area contributed by atoms with Crippen molar-refractivity contribution in [3.8, 4) is 0 Å². The van der Waals surface area contributed by atoms with Gasteiger partial charge >= 0.3 is 0 Å². The van der Waals surface area contributed by atoms with Gasteiger partial charge in [-0.2, -0.15) is 8.42 Å². The molecule has 138 valence electrons. The highest BCUT2D eigenvalue weighted by Crippen LogP contribution is 2.40. The molecule has 0 saturated carbocycles. The van der Waals surface area contributed by atoms with Gasteiger partial charge in [-0.25, -0.2) is 4.99 Å². The van der Waals surface area contributed by atoms with Crippen molar-refractivity contribution in [3.05, 3.63) is 54.1 Å². The molecule has 0 aromatic heterocycles. The third-order valence-corrected chi connectivity index (χ3v) is 5.00. The summed E-state index contributed by atoms with van der Waals surface area (Å²) in [5.41, 5.74) is 2.33. The SMILES string of the molecule is CS(=O)(=O)O.c1ccc2c(c1)N=C(N1CCNCC1)c1ccccc1S2. The lowest BCUT2D eigenvalue weighted by Gasteiger charge is -2.30. The van der Waals surface area contributed by atoms with E-state index in [2.05, 4.69) is 58.7 Å². The van der Waals surface area contributed by atoms with Gasteiger partial charge in [-0.15, -0.1) is 0 Å². The number of nitrogens with zero attached hydrogens (tertiary/aromatic N) is 2. The van der Waals surface area contributed by atoms with Crippen molar-refractivity contribution in [1.29, 1.82) is 0 Å². The third kappa shape index (κ3) is 5.07. The molecule has 6 nitrogen and oxygen atoms in total. The first-order chi connectivity index (χ1) is 12.4. The number of piperazine rings is 1. The molecule has 0 aliphatic carbocycles. The molecule has 0 bridgehead atoms. The molecule has 2 aliphatic heterocycles. The quantitative estimate of drug-likeness (QED) is 0.672. The fraction of sp³-hybridized carbons (Fsp3) is 0.278. The molecule has 8 heteroatoms. The van der Waals surface area contributed by atoms with Crippen molar-refractivity contribution in [1.82, 2.24) is 10.2 Å². The summed E-state index contributed by atoms with van der Waals surface area (Å²) in [5.74, 6) is 1.12. The molecule has 1 saturated heterocycles. The smallest absolute Gasteiger partial charge is 0.261 e. The predicted octanol–water partition coefficient (Wildman–Crippen LogP) is 2.64. The first-order valence-corrected chi connectivity index (χ1v) is 10.9. The monoisotopic (exact) mass is 391 g/mol. The Morgan fingerprint density at radius 3 is 2.31 bits per heavy atom. The average Bonchev–Trinajstić information content (AvgIpc) is 2.77. The largest absolute Gasteiger partial charge is 0.354 e. The molecular formula is C18H21N3O3S2. The first-order valence-electron chi connectivity index (χ1n) is 8.25. The predicted molar refractivity (Wildman–Crippen MR) is 105 cm³/mol. The van der Waals surface area contributed by atoms with E-state index in [-0.39, 0.29) is 0 Å². The maximum atomic E-state index is 9.19.